The van der Waals surface area contributed by atoms with Crippen molar-refractivity contribution >= 4 is 45.2 Å². The molecule has 0 aliphatic carbocycles. The fraction of sp³-hybridized carbons (Fsp3) is 0.0800. The van der Waals surface area contributed by atoms with E-state index in [0.717, 1.165) is 4.47 Å². The molecular weight excluding hydrogens is 486 g/mol. The molecule has 0 saturated heterocycles. The Balaban J connectivity index is 1.55. The van der Waals surface area contributed by atoms with Crippen molar-refractivity contribution in [1.29, 1.82) is 5.26 Å². The number of ether oxygens (including phenoxy) is 2. The van der Waals surface area contributed by atoms with Crippen molar-refractivity contribution in [1.82, 2.24) is 0 Å². The predicted molar refractivity (Wildman–Crippen MR) is 130 cm³/mol. The highest BCUT2D eigenvalue weighted by molar-refractivity contribution is 9.10. The second-order valence-corrected chi connectivity index (χ2v) is 7.68. The molecular formula is C25H20BrN3O4. The molecule has 7 nitrogen and oxygen atoms in total. The molecule has 0 saturated carbocycles. The summed E-state index contributed by atoms with van der Waals surface area (Å²) in [5, 5.41) is 14.8. The number of benzene rings is 3. The summed E-state index contributed by atoms with van der Waals surface area (Å²) in [5.74, 6) is 0.370. The van der Waals surface area contributed by atoms with Crippen LogP contribution in [-0.2, 0) is 9.59 Å². The number of anilines is 2. The molecule has 3 rings (SSSR count). The van der Waals surface area contributed by atoms with Crippen LogP contribution in [-0.4, -0.2) is 25.5 Å². The van der Waals surface area contributed by atoms with Gasteiger partial charge in [0.2, 0.25) is 0 Å². The number of halogens is 1. The van der Waals surface area contributed by atoms with E-state index in [-0.39, 0.29) is 18.1 Å². The Labute approximate surface area is 199 Å². The molecule has 0 atom stereocenters. The van der Waals surface area contributed by atoms with Gasteiger partial charge in [-0.1, -0.05) is 28.1 Å². The van der Waals surface area contributed by atoms with E-state index in [1.807, 2.05) is 6.07 Å². The second kappa shape index (κ2) is 11.5. The zero-order chi connectivity index (χ0) is 23.6. The van der Waals surface area contributed by atoms with Gasteiger partial charge in [-0.3, -0.25) is 9.59 Å². The van der Waals surface area contributed by atoms with E-state index >= 15 is 0 Å². The van der Waals surface area contributed by atoms with Crippen molar-refractivity contribution < 1.29 is 19.1 Å². The quantitative estimate of drug-likeness (QED) is 0.330. The van der Waals surface area contributed by atoms with Crippen LogP contribution in [0.1, 0.15) is 5.56 Å². The van der Waals surface area contributed by atoms with Gasteiger partial charge in [0.15, 0.2) is 6.61 Å². The third-order valence-corrected chi connectivity index (χ3v) is 4.93. The van der Waals surface area contributed by atoms with Gasteiger partial charge in [-0.15, -0.1) is 0 Å². The van der Waals surface area contributed by atoms with Gasteiger partial charge in [0.05, 0.1) is 7.11 Å². The number of rotatable bonds is 8. The zero-order valence-electron chi connectivity index (χ0n) is 17.7. The van der Waals surface area contributed by atoms with Crippen molar-refractivity contribution in [2.24, 2.45) is 0 Å². The first-order valence-electron chi connectivity index (χ1n) is 9.82. The summed E-state index contributed by atoms with van der Waals surface area (Å²) >= 11 is 3.33. The summed E-state index contributed by atoms with van der Waals surface area (Å²) in [7, 11) is 1.57. The maximum atomic E-state index is 12.4. The molecule has 0 fully saturated rings. The number of carbonyl (C=O) groups excluding carboxylic acids is 2. The van der Waals surface area contributed by atoms with Crippen molar-refractivity contribution in [2.45, 2.75) is 0 Å². The SMILES string of the molecule is COc1ccc(NC(=O)COc2ccc(/C=C(/C#N)C(=O)Nc3ccc(Br)cc3)cc2)cc1. The summed E-state index contributed by atoms with van der Waals surface area (Å²) in [6, 6.07) is 22.6. The number of hydrogen-bond donors (Lipinski definition) is 2. The Morgan fingerprint density at radius 3 is 2.09 bits per heavy atom. The Hall–Kier alpha value is -4.09. The van der Waals surface area contributed by atoms with Gasteiger partial charge in [0.1, 0.15) is 23.1 Å². The molecule has 0 spiro atoms. The first-order valence-corrected chi connectivity index (χ1v) is 10.6. The number of hydrogen-bond acceptors (Lipinski definition) is 5. The van der Waals surface area contributed by atoms with Crippen molar-refractivity contribution in [3.05, 3.63) is 88.4 Å². The third kappa shape index (κ3) is 7.23. The molecule has 0 unspecified atom stereocenters. The first kappa shape index (κ1) is 23.6. The molecule has 33 heavy (non-hydrogen) atoms. The summed E-state index contributed by atoms with van der Waals surface area (Å²) in [6.07, 6.45) is 1.48. The second-order valence-electron chi connectivity index (χ2n) is 6.77. The van der Waals surface area contributed by atoms with Crippen LogP contribution in [0.2, 0.25) is 0 Å². The van der Waals surface area contributed by atoms with Gasteiger partial charge in [0, 0.05) is 15.8 Å². The van der Waals surface area contributed by atoms with Crippen molar-refractivity contribution in [2.75, 3.05) is 24.4 Å². The number of nitriles is 1. The smallest absolute Gasteiger partial charge is 0.266 e. The minimum Gasteiger partial charge on any atom is -0.497 e. The van der Waals surface area contributed by atoms with E-state index in [1.165, 1.54) is 6.08 Å². The van der Waals surface area contributed by atoms with Gasteiger partial charge in [0.25, 0.3) is 11.8 Å². The van der Waals surface area contributed by atoms with E-state index in [1.54, 1.807) is 79.9 Å². The molecule has 8 heteroatoms. The number of methoxy groups -OCH3 is 1. The zero-order valence-corrected chi connectivity index (χ0v) is 19.3. The highest BCUT2D eigenvalue weighted by Gasteiger charge is 2.10. The fourth-order valence-electron chi connectivity index (χ4n) is 2.73. The Kier molecular flexibility index (Phi) is 8.22. The van der Waals surface area contributed by atoms with Crippen LogP contribution in [0.3, 0.4) is 0 Å². The Morgan fingerprint density at radius 2 is 1.48 bits per heavy atom. The van der Waals surface area contributed by atoms with Crippen LogP contribution in [0.4, 0.5) is 11.4 Å². The topological polar surface area (TPSA) is 100 Å². The van der Waals surface area contributed by atoms with Crippen LogP contribution in [0.15, 0.2) is 82.8 Å². The molecule has 2 amide bonds. The monoisotopic (exact) mass is 505 g/mol. The molecule has 0 radical (unpaired) electrons. The average Bonchev–Trinajstić information content (AvgIpc) is 2.83. The molecule has 2 N–H and O–H groups in total. The number of nitrogens with one attached hydrogen (secondary N) is 2. The van der Waals surface area contributed by atoms with E-state index in [4.69, 9.17) is 9.47 Å². The van der Waals surface area contributed by atoms with Crippen LogP contribution in [0, 0.1) is 11.3 Å². The van der Waals surface area contributed by atoms with E-state index in [0.29, 0.717) is 28.4 Å². The molecule has 3 aromatic carbocycles. The molecule has 0 aromatic heterocycles. The fourth-order valence-corrected chi connectivity index (χ4v) is 2.99. The minimum atomic E-state index is -0.504. The first-order chi connectivity index (χ1) is 16.0. The van der Waals surface area contributed by atoms with Crippen LogP contribution < -0.4 is 20.1 Å². The Morgan fingerprint density at radius 1 is 0.909 bits per heavy atom. The van der Waals surface area contributed by atoms with Gasteiger partial charge in [-0.25, -0.2) is 0 Å². The average molecular weight is 506 g/mol. The summed E-state index contributed by atoms with van der Waals surface area (Å²) < 4.78 is 11.5. The maximum absolute atomic E-state index is 12.4. The lowest BCUT2D eigenvalue weighted by atomic mass is 10.1. The summed E-state index contributed by atoms with van der Waals surface area (Å²) in [4.78, 5) is 24.4. The lowest BCUT2D eigenvalue weighted by Crippen LogP contribution is -2.20. The van der Waals surface area contributed by atoms with E-state index < -0.39 is 5.91 Å². The van der Waals surface area contributed by atoms with Crippen LogP contribution >= 0.6 is 15.9 Å². The summed E-state index contributed by atoms with van der Waals surface area (Å²) in [5.41, 5.74) is 1.83. The van der Waals surface area contributed by atoms with Crippen LogP contribution in [0.5, 0.6) is 11.5 Å². The standard InChI is InChI=1S/C25H20BrN3O4/c1-32-22-12-8-20(9-13-22)28-24(30)16-33-23-10-2-17(3-11-23)14-18(15-27)25(31)29-21-6-4-19(26)5-7-21/h2-14H,16H2,1H3,(H,28,30)(H,29,31)/b18-14-. The number of nitrogens with zero attached hydrogens (tertiary/aromatic N) is 1. The van der Waals surface area contributed by atoms with E-state index in [9.17, 15) is 14.9 Å². The molecule has 166 valence electrons. The summed E-state index contributed by atoms with van der Waals surface area (Å²) in [6.45, 7) is -0.166. The molecule has 0 bridgehead atoms. The Bertz CT molecular complexity index is 1180. The highest BCUT2D eigenvalue weighted by atomic mass is 79.9. The maximum Gasteiger partial charge on any atom is 0.266 e. The molecule has 0 heterocycles. The minimum absolute atomic E-state index is 0.0366. The van der Waals surface area contributed by atoms with Crippen molar-refractivity contribution in [3.63, 3.8) is 0 Å². The number of amides is 2. The molecule has 0 aliphatic rings. The van der Waals surface area contributed by atoms with Crippen molar-refractivity contribution in [3.8, 4) is 17.6 Å². The van der Waals surface area contributed by atoms with E-state index in [2.05, 4.69) is 26.6 Å². The molecule has 3 aromatic rings. The van der Waals surface area contributed by atoms with Gasteiger partial charge < -0.3 is 20.1 Å². The highest BCUT2D eigenvalue weighted by Crippen LogP contribution is 2.18. The lowest BCUT2D eigenvalue weighted by Gasteiger charge is -2.08. The van der Waals surface area contributed by atoms with Gasteiger partial charge >= 0.3 is 0 Å². The predicted octanol–water partition coefficient (Wildman–Crippen LogP) is 5.02. The van der Waals surface area contributed by atoms with Crippen LogP contribution in [0.25, 0.3) is 6.08 Å². The normalized spacial score (nSPS) is 10.6. The lowest BCUT2D eigenvalue weighted by molar-refractivity contribution is -0.118. The largest absolute Gasteiger partial charge is 0.497 e. The third-order valence-electron chi connectivity index (χ3n) is 4.40. The van der Waals surface area contributed by atoms with Gasteiger partial charge in [-0.2, -0.15) is 5.26 Å². The number of carbonyl (C=O) groups is 2. The molecule has 0 aliphatic heterocycles. The van der Waals surface area contributed by atoms with Gasteiger partial charge in [-0.05, 0) is 72.3 Å².